The molecule has 2 heterocycles. The van der Waals surface area contributed by atoms with Crippen molar-refractivity contribution in [3.63, 3.8) is 0 Å². The van der Waals surface area contributed by atoms with Crippen LogP contribution in [-0.2, 0) is 0 Å². The Morgan fingerprint density at radius 1 is 1.13 bits per heavy atom. The zero-order chi connectivity index (χ0) is 27.3. The van der Waals surface area contributed by atoms with Gasteiger partial charge in [0, 0.05) is 30.8 Å². The van der Waals surface area contributed by atoms with Gasteiger partial charge < -0.3 is 19.6 Å². The van der Waals surface area contributed by atoms with E-state index in [0.29, 0.717) is 67.4 Å². The van der Waals surface area contributed by atoms with Crippen molar-refractivity contribution in [1.82, 2.24) is 9.80 Å². The SMILES string of the molecule is [C-]#[N+]c1cc(-c2ccc(C(=O)N3CC[C@H](O)C3)cc2F)ccc1OCC1CCN(CC(F)(CC)CC)CC1. The molecule has 38 heavy (non-hydrogen) atoms. The number of benzene rings is 2. The summed E-state index contributed by atoms with van der Waals surface area (Å²) in [5.74, 6) is -0.0506. The highest BCUT2D eigenvalue weighted by molar-refractivity contribution is 5.95. The van der Waals surface area contributed by atoms with Gasteiger partial charge in [0.05, 0.1) is 19.3 Å². The van der Waals surface area contributed by atoms with Crippen LogP contribution in [0.2, 0.25) is 0 Å². The van der Waals surface area contributed by atoms with Crippen LogP contribution < -0.4 is 4.74 Å². The van der Waals surface area contributed by atoms with Crippen molar-refractivity contribution >= 4 is 11.6 Å². The second-order valence-electron chi connectivity index (χ2n) is 10.6. The molecule has 6 nitrogen and oxygen atoms in total. The van der Waals surface area contributed by atoms with E-state index in [2.05, 4.69) is 9.74 Å². The molecular weight excluding hydrogens is 488 g/mol. The number of aliphatic hydroxyl groups is 1. The van der Waals surface area contributed by atoms with Gasteiger partial charge in [0.2, 0.25) is 5.69 Å². The fraction of sp³-hybridized carbons (Fsp3) is 0.533. The van der Waals surface area contributed by atoms with Crippen molar-refractivity contribution in [2.75, 3.05) is 39.3 Å². The Hall–Kier alpha value is -3.02. The van der Waals surface area contributed by atoms with Gasteiger partial charge in [0.15, 0.2) is 0 Å². The van der Waals surface area contributed by atoms with Gasteiger partial charge in [-0.15, -0.1) is 0 Å². The van der Waals surface area contributed by atoms with Gasteiger partial charge in [-0.3, -0.25) is 4.79 Å². The molecule has 0 aliphatic carbocycles. The van der Waals surface area contributed by atoms with E-state index in [4.69, 9.17) is 11.3 Å². The highest BCUT2D eigenvalue weighted by Gasteiger charge is 2.30. The number of piperidine rings is 1. The van der Waals surface area contributed by atoms with E-state index >= 15 is 4.39 Å². The third-order valence-electron chi connectivity index (χ3n) is 8.01. The quantitative estimate of drug-likeness (QED) is 0.416. The van der Waals surface area contributed by atoms with Crippen LogP contribution >= 0.6 is 0 Å². The van der Waals surface area contributed by atoms with Crippen molar-refractivity contribution in [2.24, 2.45) is 5.92 Å². The van der Waals surface area contributed by atoms with Crippen molar-refractivity contribution < 1.29 is 23.4 Å². The fourth-order valence-electron chi connectivity index (χ4n) is 5.28. The summed E-state index contributed by atoms with van der Waals surface area (Å²) in [5, 5.41) is 9.67. The van der Waals surface area contributed by atoms with Gasteiger partial charge in [-0.1, -0.05) is 26.0 Å². The summed E-state index contributed by atoms with van der Waals surface area (Å²) in [7, 11) is 0. The zero-order valence-corrected chi connectivity index (χ0v) is 22.3. The van der Waals surface area contributed by atoms with Gasteiger partial charge >= 0.3 is 0 Å². The molecule has 4 rings (SSSR count). The lowest BCUT2D eigenvalue weighted by Crippen LogP contribution is -2.44. The average molecular weight is 526 g/mol. The maximum atomic E-state index is 15.0. The van der Waals surface area contributed by atoms with Gasteiger partial charge in [-0.2, -0.15) is 0 Å². The Labute approximate surface area is 224 Å². The number of nitrogens with zero attached hydrogens (tertiary/aromatic N) is 3. The van der Waals surface area contributed by atoms with Gasteiger partial charge in [0.25, 0.3) is 5.91 Å². The summed E-state index contributed by atoms with van der Waals surface area (Å²) in [5.41, 5.74) is 0.251. The van der Waals surface area contributed by atoms with Crippen LogP contribution in [0.15, 0.2) is 36.4 Å². The number of halogens is 2. The van der Waals surface area contributed by atoms with E-state index in [1.165, 1.54) is 11.0 Å². The van der Waals surface area contributed by atoms with E-state index in [0.717, 1.165) is 25.9 Å². The molecule has 2 aliphatic heterocycles. The number of amides is 1. The third kappa shape index (κ3) is 6.51. The summed E-state index contributed by atoms with van der Waals surface area (Å²) in [6, 6.07) is 9.37. The van der Waals surface area contributed by atoms with Gasteiger partial charge in [-0.05, 0) is 80.9 Å². The molecule has 0 unspecified atom stereocenters. The first-order chi connectivity index (χ1) is 18.2. The number of rotatable bonds is 9. The maximum Gasteiger partial charge on any atom is 0.254 e. The first-order valence-electron chi connectivity index (χ1n) is 13.6. The van der Waals surface area contributed by atoms with Crippen molar-refractivity contribution in [1.29, 1.82) is 0 Å². The molecule has 204 valence electrons. The molecule has 0 saturated carbocycles. The Bertz CT molecular complexity index is 1170. The monoisotopic (exact) mass is 525 g/mol. The zero-order valence-electron chi connectivity index (χ0n) is 22.3. The lowest BCUT2D eigenvalue weighted by Gasteiger charge is -2.36. The van der Waals surface area contributed by atoms with Crippen LogP contribution in [0.5, 0.6) is 5.75 Å². The largest absolute Gasteiger partial charge is 0.504 e. The second-order valence-corrected chi connectivity index (χ2v) is 10.6. The van der Waals surface area contributed by atoms with Crippen LogP contribution in [0.4, 0.5) is 14.5 Å². The van der Waals surface area contributed by atoms with Crippen LogP contribution in [0.3, 0.4) is 0 Å². The lowest BCUT2D eigenvalue weighted by molar-refractivity contribution is 0.0569. The molecule has 8 heteroatoms. The van der Waals surface area contributed by atoms with Crippen LogP contribution in [0.1, 0.15) is 56.3 Å². The number of carbonyl (C=O) groups is 1. The van der Waals surface area contributed by atoms with Crippen molar-refractivity contribution in [2.45, 2.75) is 57.7 Å². The van der Waals surface area contributed by atoms with Crippen molar-refractivity contribution in [3.05, 3.63) is 59.2 Å². The highest BCUT2D eigenvalue weighted by Crippen LogP contribution is 2.35. The van der Waals surface area contributed by atoms with E-state index in [9.17, 15) is 14.3 Å². The summed E-state index contributed by atoms with van der Waals surface area (Å²) in [6.07, 6.45) is 2.88. The predicted octanol–water partition coefficient (Wildman–Crippen LogP) is 5.87. The smallest absolute Gasteiger partial charge is 0.254 e. The number of hydrogen-bond donors (Lipinski definition) is 1. The molecule has 0 bridgehead atoms. The lowest BCUT2D eigenvalue weighted by atomic mass is 9.94. The minimum atomic E-state index is -1.12. The van der Waals surface area contributed by atoms with Gasteiger partial charge in [-0.25, -0.2) is 13.6 Å². The summed E-state index contributed by atoms with van der Waals surface area (Å²) in [6.45, 7) is 14.7. The molecule has 2 aliphatic rings. The number of aliphatic hydroxyl groups excluding tert-OH is 1. The van der Waals surface area contributed by atoms with E-state index < -0.39 is 17.6 Å². The summed E-state index contributed by atoms with van der Waals surface area (Å²) < 4.78 is 35.8. The second kappa shape index (κ2) is 12.2. The fourth-order valence-corrected chi connectivity index (χ4v) is 5.28. The summed E-state index contributed by atoms with van der Waals surface area (Å²) in [4.78, 5) is 19.9. The molecule has 2 aromatic carbocycles. The first-order valence-corrected chi connectivity index (χ1v) is 13.6. The average Bonchev–Trinajstić information content (AvgIpc) is 3.38. The Morgan fingerprint density at radius 2 is 1.87 bits per heavy atom. The minimum absolute atomic E-state index is 0.235. The van der Waals surface area contributed by atoms with E-state index in [-0.39, 0.29) is 18.0 Å². The first kappa shape index (κ1) is 28.0. The minimum Gasteiger partial charge on any atom is -0.504 e. The Morgan fingerprint density at radius 3 is 2.47 bits per heavy atom. The molecular formula is C30H37F2N3O3. The standard InChI is InChI=1S/C30H37F2N3O3/c1-4-30(32,5-2)20-34-13-10-21(11-14-34)19-38-28-9-7-22(17-27(28)33-3)25-8-6-23(16-26(25)31)29(37)35-15-12-24(36)18-35/h6-9,16-17,21,24,36H,4-5,10-15,18-20H2,1-2H3/t24-/m0/s1. The third-order valence-corrected chi connectivity index (χ3v) is 8.01. The molecule has 1 N–H and O–H groups in total. The maximum absolute atomic E-state index is 15.0. The normalized spacial score (nSPS) is 18.9. The number of hydrogen-bond acceptors (Lipinski definition) is 4. The molecule has 0 radical (unpaired) electrons. The molecule has 2 aromatic rings. The summed E-state index contributed by atoms with van der Waals surface area (Å²) >= 11 is 0. The number of alkyl halides is 1. The Balaban J connectivity index is 1.36. The molecule has 2 fully saturated rings. The van der Waals surface area contributed by atoms with Gasteiger partial charge in [0.1, 0.15) is 17.2 Å². The van der Waals surface area contributed by atoms with E-state index in [1.807, 2.05) is 13.8 Å². The van der Waals surface area contributed by atoms with Crippen LogP contribution in [0, 0.1) is 18.3 Å². The number of β-amino-alcohol motifs (C(OH)–C–C–N with tert-alkyl or cyclic N) is 1. The number of likely N-dealkylation sites (tertiary alicyclic amines) is 2. The van der Waals surface area contributed by atoms with E-state index in [1.54, 1.807) is 30.3 Å². The molecule has 2 saturated heterocycles. The molecule has 0 spiro atoms. The van der Waals surface area contributed by atoms with Crippen LogP contribution in [0.25, 0.3) is 16.0 Å². The van der Waals surface area contributed by atoms with Crippen molar-refractivity contribution in [3.8, 4) is 16.9 Å². The topological polar surface area (TPSA) is 57.4 Å². The molecule has 0 aromatic heterocycles. The Kier molecular flexibility index (Phi) is 9.01. The highest BCUT2D eigenvalue weighted by atomic mass is 19.1. The molecule has 1 amide bonds. The molecule has 1 atom stereocenters. The number of ether oxygens (including phenoxy) is 1. The van der Waals surface area contributed by atoms with Crippen LogP contribution in [-0.4, -0.2) is 71.9 Å². The number of carbonyl (C=O) groups excluding carboxylic acids is 1. The predicted molar refractivity (Wildman–Crippen MR) is 144 cm³/mol.